The Morgan fingerprint density at radius 2 is 2.31 bits per heavy atom. The van der Waals surface area contributed by atoms with Crippen LogP contribution in [0.3, 0.4) is 0 Å². The Bertz CT molecular complexity index is 419. The third-order valence-corrected chi connectivity index (χ3v) is 3.27. The molecular weight excluding hydrogens is 224 g/mol. The highest BCUT2D eigenvalue weighted by Crippen LogP contribution is 2.37. The molecule has 16 heavy (non-hydrogen) atoms. The fraction of sp³-hybridized carbons (Fsp3) is 0.417. The minimum absolute atomic E-state index is 0.0171. The third-order valence-electron chi connectivity index (χ3n) is 2.96. The number of hydrogen-bond donors (Lipinski definition) is 1. The van der Waals surface area contributed by atoms with E-state index in [1.807, 2.05) is 12.1 Å². The maximum Gasteiger partial charge on any atom is 0.223 e. The Morgan fingerprint density at radius 3 is 3.00 bits per heavy atom. The monoisotopic (exact) mass is 238 g/mol. The number of benzene rings is 1. The fourth-order valence-corrected chi connectivity index (χ4v) is 2.45. The zero-order valence-electron chi connectivity index (χ0n) is 9.24. The molecular formula is C12H15ClN2O. The number of halogens is 1. The molecule has 0 spiro atoms. The molecule has 1 aromatic rings. The number of para-hydroxylation sites is 1. The lowest BCUT2D eigenvalue weighted by Crippen LogP contribution is -2.29. The number of hydrogen-bond acceptors (Lipinski definition) is 2. The van der Waals surface area contributed by atoms with Crippen molar-refractivity contribution in [3.8, 4) is 0 Å². The van der Waals surface area contributed by atoms with E-state index >= 15 is 0 Å². The van der Waals surface area contributed by atoms with Gasteiger partial charge in [-0.25, -0.2) is 0 Å². The molecule has 1 amide bonds. The zero-order valence-corrected chi connectivity index (χ0v) is 10.00. The van der Waals surface area contributed by atoms with Crippen molar-refractivity contribution in [1.29, 1.82) is 0 Å². The second-order valence-corrected chi connectivity index (χ2v) is 4.50. The Labute approximate surface area is 100 Å². The predicted molar refractivity (Wildman–Crippen MR) is 65.6 cm³/mol. The summed E-state index contributed by atoms with van der Waals surface area (Å²) >= 11 is 6.17. The summed E-state index contributed by atoms with van der Waals surface area (Å²) in [6.45, 7) is 2.25. The van der Waals surface area contributed by atoms with Crippen molar-refractivity contribution in [2.75, 3.05) is 11.4 Å². The lowest BCUT2D eigenvalue weighted by atomic mass is 10.0. The van der Waals surface area contributed by atoms with Crippen LogP contribution in [0.2, 0.25) is 5.02 Å². The van der Waals surface area contributed by atoms with E-state index in [0.717, 1.165) is 24.1 Å². The van der Waals surface area contributed by atoms with Gasteiger partial charge in [0.05, 0.1) is 10.7 Å². The van der Waals surface area contributed by atoms with Gasteiger partial charge < -0.3 is 10.6 Å². The summed E-state index contributed by atoms with van der Waals surface area (Å²) in [5.41, 5.74) is 7.85. The molecule has 2 rings (SSSR count). The highest BCUT2D eigenvalue weighted by atomic mass is 35.5. The molecule has 0 saturated heterocycles. The maximum atomic E-state index is 11.6. The van der Waals surface area contributed by atoms with Crippen LogP contribution in [-0.4, -0.2) is 12.5 Å². The van der Waals surface area contributed by atoms with Gasteiger partial charge in [0.1, 0.15) is 0 Å². The van der Waals surface area contributed by atoms with Crippen molar-refractivity contribution >= 4 is 23.2 Å². The molecule has 1 aliphatic rings. The molecule has 3 nitrogen and oxygen atoms in total. The van der Waals surface area contributed by atoms with Crippen LogP contribution in [-0.2, 0) is 4.79 Å². The van der Waals surface area contributed by atoms with Crippen LogP contribution in [0.4, 0.5) is 5.69 Å². The number of carbonyl (C=O) groups is 1. The van der Waals surface area contributed by atoms with Gasteiger partial charge in [-0.2, -0.15) is 0 Å². The van der Waals surface area contributed by atoms with Gasteiger partial charge in [-0.3, -0.25) is 4.79 Å². The van der Waals surface area contributed by atoms with Crippen LogP contribution >= 0.6 is 11.6 Å². The maximum absolute atomic E-state index is 11.6. The quantitative estimate of drug-likeness (QED) is 0.755. The highest BCUT2D eigenvalue weighted by molar-refractivity contribution is 6.34. The van der Waals surface area contributed by atoms with Crippen LogP contribution in [0.25, 0.3) is 0 Å². The molecule has 1 aromatic carbocycles. The molecule has 86 valence electrons. The van der Waals surface area contributed by atoms with Crippen molar-refractivity contribution in [2.45, 2.75) is 25.8 Å². The number of anilines is 1. The fourth-order valence-electron chi connectivity index (χ4n) is 2.17. The summed E-state index contributed by atoms with van der Waals surface area (Å²) in [7, 11) is 0. The van der Waals surface area contributed by atoms with Gasteiger partial charge in [0.25, 0.3) is 0 Å². The van der Waals surface area contributed by atoms with E-state index in [2.05, 4.69) is 0 Å². The number of fused-ring (bicyclic) bond motifs is 1. The summed E-state index contributed by atoms with van der Waals surface area (Å²) < 4.78 is 0. The van der Waals surface area contributed by atoms with E-state index in [0.29, 0.717) is 11.6 Å². The largest absolute Gasteiger partial charge is 0.324 e. The normalized spacial score (nSPS) is 20.2. The molecule has 0 radical (unpaired) electrons. The van der Waals surface area contributed by atoms with Crippen LogP contribution < -0.4 is 10.6 Å². The van der Waals surface area contributed by atoms with Crippen LogP contribution in [0.1, 0.15) is 31.4 Å². The first-order valence-corrected chi connectivity index (χ1v) is 5.81. The van der Waals surface area contributed by atoms with Gasteiger partial charge >= 0.3 is 0 Å². The number of rotatable bonds is 0. The van der Waals surface area contributed by atoms with E-state index in [1.54, 1.807) is 17.9 Å². The molecule has 0 aromatic heterocycles. The lowest BCUT2D eigenvalue weighted by Gasteiger charge is -2.23. The van der Waals surface area contributed by atoms with Crippen molar-refractivity contribution in [2.24, 2.45) is 5.73 Å². The molecule has 4 heteroatoms. The molecule has 0 fully saturated rings. The van der Waals surface area contributed by atoms with Crippen molar-refractivity contribution in [1.82, 2.24) is 0 Å². The van der Waals surface area contributed by atoms with E-state index < -0.39 is 0 Å². The smallest absolute Gasteiger partial charge is 0.223 e. The second kappa shape index (κ2) is 4.44. The molecule has 2 N–H and O–H groups in total. The van der Waals surface area contributed by atoms with Gasteiger partial charge in [0.15, 0.2) is 0 Å². The molecule has 0 aliphatic carbocycles. The highest BCUT2D eigenvalue weighted by Gasteiger charge is 2.24. The minimum atomic E-state index is -0.0296. The van der Waals surface area contributed by atoms with E-state index in [9.17, 15) is 4.79 Å². The standard InChI is InChI=1S/C12H15ClN2O/c1-8(16)15-7-3-6-11(14)9-4-2-5-10(13)12(9)15/h2,4-5,11H,3,6-7,14H2,1H3. The molecule has 1 atom stereocenters. The van der Waals surface area contributed by atoms with Gasteiger partial charge in [0.2, 0.25) is 5.91 Å². The molecule has 1 heterocycles. The number of nitrogens with two attached hydrogens (primary N) is 1. The molecule has 1 unspecified atom stereocenters. The SMILES string of the molecule is CC(=O)N1CCCC(N)c2cccc(Cl)c21. The predicted octanol–water partition coefficient (Wildman–Crippen LogP) is 2.49. The Morgan fingerprint density at radius 1 is 1.56 bits per heavy atom. The van der Waals surface area contributed by atoms with Crippen molar-refractivity contribution in [3.63, 3.8) is 0 Å². The first kappa shape index (κ1) is 11.4. The van der Waals surface area contributed by atoms with Crippen LogP contribution in [0, 0.1) is 0 Å². The van der Waals surface area contributed by atoms with E-state index in [1.165, 1.54) is 0 Å². The van der Waals surface area contributed by atoms with Gasteiger partial charge in [0, 0.05) is 19.5 Å². The Balaban J connectivity index is 2.57. The van der Waals surface area contributed by atoms with E-state index in [-0.39, 0.29) is 11.9 Å². The second-order valence-electron chi connectivity index (χ2n) is 4.10. The molecule has 1 aliphatic heterocycles. The van der Waals surface area contributed by atoms with E-state index in [4.69, 9.17) is 17.3 Å². The van der Waals surface area contributed by atoms with Gasteiger partial charge in [-0.15, -0.1) is 0 Å². The summed E-state index contributed by atoms with van der Waals surface area (Å²) in [6.07, 6.45) is 1.79. The topological polar surface area (TPSA) is 46.3 Å². The summed E-state index contributed by atoms with van der Waals surface area (Å²) in [5, 5.41) is 0.602. The average molecular weight is 239 g/mol. The summed E-state index contributed by atoms with van der Waals surface area (Å²) in [6, 6.07) is 5.60. The number of amides is 1. The van der Waals surface area contributed by atoms with Gasteiger partial charge in [-0.05, 0) is 24.5 Å². The Kier molecular flexibility index (Phi) is 3.17. The number of carbonyl (C=O) groups excluding carboxylic acids is 1. The zero-order chi connectivity index (χ0) is 11.7. The van der Waals surface area contributed by atoms with Crippen molar-refractivity contribution in [3.05, 3.63) is 28.8 Å². The Hall–Kier alpha value is -1.06. The summed E-state index contributed by atoms with van der Waals surface area (Å²) in [4.78, 5) is 13.3. The van der Waals surface area contributed by atoms with Crippen LogP contribution in [0.15, 0.2) is 18.2 Å². The summed E-state index contributed by atoms with van der Waals surface area (Å²) in [5.74, 6) is 0.0171. The molecule has 0 saturated carbocycles. The first-order chi connectivity index (χ1) is 7.61. The average Bonchev–Trinajstić information content (AvgIpc) is 2.40. The lowest BCUT2D eigenvalue weighted by molar-refractivity contribution is -0.116. The van der Waals surface area contributed by atoms with Gasteiger partial charge in [-0.1, -0.05) is 23.7 Å². The third kappa shape index (κ3) is 1.93. The van der Waals surface area contributed by atoms with Crippen LogP contribution in [0.5, 0.6) is 0 Å². The number of nitrogens with zero attached hydrogens (tertiary/aromatic N) is 1. The van der Waals surface area contributed by atoms with Crippen molar-refractivity contribution < 1.29 is 4.79 Å². The first-order valence-electron chi connectivity index (χ1n) is 5.43. The molecule has 0 bridgehead atoms. The minimum Gasteiger partial charge on any atom is -0.324 e.